The number of amides is 2. The molecule has 0 saturated carbocycles. The maximum atomic E-state index is 11.8. The molecule has 0 spiro atoms. The average molecular weight is 325 g/mol. The third kappa shape index (κ3) is 5.93. The van der Waals surface area contributed by atoms with Crippen LogP contribution in [0.1, 0.15) is 50.1 Å². The van der Waals surface area contributed by atoms with Crippen molar-refractivity contribution >= 4 is 22.5 Å². The van der Waals surface area contributed by atoms with Crippen LogP contribution in [0.2, 0.25) is 0 Å². The van der Waals surface area contributed by atoms with Gasteiger partial charge in [0.2, 0.25) is 0 Å². The molecule has 22 heavy (non-hydrogen) atoms. The number of urea groups is 1. The van der Waals surface area contributed by atoms with Crippen molar-refractivity contribution in [1.82, 2.24) is 10.3 Å². The van der Waals surface area contributed by atoms with Crippen LogP contribution in [0, 0.1) is 5.92 Å². The van der Waals surface area contributed by atoms with Crippen molar-refractivity contribution in [2.75, 3.05) is 25.1 Å². The first-order valence-corrected chi connectivity index (χ1v) is 9.08. The molecule has 1 aromatic heterocycles. The molecule has 1 aromatic rings. The summed E-state index contributed by atoms with van der Waals surface area (Å²) in [6.07, 6.45) is 6.70. The number of fused-ring (bicyclic) bond motifs is 1. The standard InChI is InChI=1S/C16H27N3O2S/c1-12(2)11-21-10-6-9-17-15(20)19-16-18-13-7-4-3-5-8-14(13)22-16/h12H,3-11H2,1-2H3,(H2,17,18,19,20). The maximum absolute atomic E-state index is 11.8. The fraction of sp³-hybridized carbons (Fsp3) is 0.750. The van der Waals surface area contributed by atoms with Gasteiger partial charge in [-0.3, -0.25) is 5.32 Å². The third-order valence-corrected chi connectivity index (χ3v) is 4.59. The molecule has 2 amide bonds. The molecule has 2 N–H and O–H groups in total. The van der Waals surface area contributed by atoms with Gasteiger partial charge in [-0.25, -0.2) is 9.78 Å². The Hall–Kier alpha value is -1.14. The topological polar surface area (TPSA) is 63.2 Å². The quantitative estimate of drug-likeness (QED) is 0.595. The van der Waals surface area contributed by atoms with Crippen LogP contribution in [0.3, 0.4) is 0 Å². The first kappa shape index (κ1) is 17.2. The Labute approximate surface area is 136 Å². The number of rotatable bonds is 7. The van der Waals surface area contributed by atoms with Gasteiger partial charge in [-0.05, 0) is 38.0 Å². The average Bonchev–Trinajstić information content (AvgIpc) is 2.71. The van der Waals surface area contributed by atoms with Gasteiger partial charge in [0.15, 0.2) is 5.13 Å². The number of aryl methyl sites for hydroxylation is 2. The summed E-state index contributed by atoms with van der Waals surface area (Å²) in [5.74, 6) is 0.552. The Bertz CT molecular complexity index is 450. The van der Waals surface area contributed by atoms with E-state index in [-0.39, 0.29) is 6.03 Å². The molecule has 0 atom stereocenters. The number of carbonyl (C=O) groups excluding carboxylic acids is 1. The lowest BCUT2D eigenvalue weighted by molar-refractivity contribution is 0.108. The van der Waals surface area contributed by atoms with Crippen LogP contribution < -0.4 is 10.6 Å². The summed E-state index contributed by atoms with van der Waals surface area (Å²) in [5.41, 5.74) is 1.18. The number of anilines is 1. The van der Waals surface area contributed by atoms with E-state index in [1.807, 2.05) is 0 Å². The summed E-state index contributed by atoms with van der Waals surface area (Å²) >= 11 is 1.62. The first-order chi connectivity index (χ1) is 10.6. The van der Waals surface area contributed by atoms with E-state index >= 15 is 0 Å². The number of thiazole rings is 1. The molecule has 124 valence electrons. The molecule has 6 heteroatoms. The zero-order valence-electron chi connectivity index (χ0n) is 13.6. The van der Waals surface area contributed by atoms with E-state index in [1.54, 1.807) is 11.3 Å². The normalized spacial score (nSPS) is 14.5. The minimum atomic E-state index is -0.173. The van der Waals surface area contributed by atoms with Crippen LogP contribution in [0.4, 0.5) is 9.93 Å². The Morgan fingerprint density at radius 3 is 2.95 bits per heavy atom. The van der Waals surface area contributed by atoms with Gasteiger partial charge in [0.1, 0.15) is 0 Å². The van der Waals surface area contributed by atoms with Crippen molar-refractivity contribution in [1.29, 1.82) is 0 Å². The Morgan fingerprint density at radius 2 is 2.14 bits per heavy atom. The van der Waals surface area contributed by atoms with E-state index < -0.39 is 0 Å². The molecule has 0 radical (unpaired) electrons. The Kier molecular flexibility index (Phi) is 7.12. The molecule has 1 aliphatic carbocycles. The highest BCUT2D eigenvalue weighted by molar-refractivity contribution is 7.15. The third-order valence-electron chi connectivity index (χ3n) is 3.52. The van der Waals surface area contributed by atoms with Crippen LogP contribution >= 0.6 is 11.3 Å². The van der Waals surface area contributed by atoms with Gasteiger partial charge >= 0.3 is 6.03 Å². The Morgan fingerprint density at radius 1 is 1.32 bits per heavy atom. The van der Waals surface area contributed by atoms with Gasteiger partial charge in [-0.15, -0.1) is 11.3 Å². The van der Waals surface area contributed by atoms with Gasteiger partial charge in [-0.2, -0.15) is 0 Å². The number of carbonyl (C=O) groups is 1. The van der Waals surface area contributed by atoms with Gasteiger partial charge in [0, 0.05) is 24.6 Å². The molecule has 1 heterocycles. The molecular weight excluding hydrogens is 298 g/mol. The zero-order valence-corrected chi connectivity index (χ0v) is 14.4. The van der Waals surface area contributed by atoms with E-state index in [9.17, 15) is 4.79 Å². The van der Waals surface area contributed by atoms with E-state index in [0.717, 1.165) is 31.0 Å². The predicted octanol–water partition coefficient (Wildman–Crippen LogP) is 3.60. The van der Waals surface area contributed by atoms with Gasteiger partial charge in [0.25, 0.3) is 0 Å². The lowest BCUT2D eigenvalue weighted by Crippen LogP contribution is -2.30. The second kappa shape index (κ2) is 9.10. The van der Waals surface area contributed by atoms with E-state index in [1.165, 1.54) is 29.8 Å². The molecule has 2 rings (SSSR count). The minimum Gasteiger partial charge on any atom is -0.381 e. The van der Waals surface area contributed by atoms with Gasteiger partial charge in [0.05, 0.1) is 5.69 Å². The molecule has 0 bridgehead atoms. The summed E-state index contributed by atoms with van der Waals surface area (Å²) in [5, 5.41) is 6.42. The SMILES string of the molecule is CC(C)COCCCNC(=O)Nc1nc2c(s1)CCCCC2. The van der Waals surface area contributed by atoms with Gasteiger partial charge < -0.3 is 10.1 Å². The summed E-state index contributed by atoms with van der Waals surface area (Å²) in [6.45, 7) is 6.33. The van der Waals surface area contributed by atoms with E-state index in [4.69, 9.17) is 4.74 Å². The molecule has 0 fully saturated rings. The maximum Gasteiger partial charge on any atom is 0.321 e. The van der Waals surface area contributed by atoms with Crippen molar-refractivity contribution in [3.63, 3.8) is 0 Å². The van der Waals surface area contributed by atoms with Crippen LogP contribution in [0.15, 0.2) is 0 Å². The molecule has 0 aromatic carbocycles. The van der Waals surface area contributed by atoms with E-state index in [0.29, 0.717) is 19.1 Å². The van der Waals surface area contributed by atoms with Crippen molar-refractivity contribution in [3.8, 4) is 0 Å². The summed E-state index contributed by atoms with van der Waals surface area (Å²) < 4.78 is 5.48. The number of nitrogens with zero attached hydrogens (tertiary/aromatic N) is 1. The zero-order chi connectivity index (χ0) is 15.8. The second-order valence-electron chi connectivity index (χ2n) is 6.15. The summed E-state index contributed by atoms with van der Waals surface area (Å²) in [7, 11) is 0. The van der Waals surface area contributed by atoms with Crippen molar-refractivity contribution < 1.29 is 9.53 Å². The van der Waals surface area contributed by atoms with Crippen LogP contribution in [0.5, 0.6) is 0 Å². The summed E-state index contributed by atoms with van der Waals surface area (Å²) in [4.78, 5) is 17.7. The van der Waals surface area contributed by atoms with Crippen LogP contribution in [-0.2, 0) is 17.6 Å². The molecule has 0 unspecified atom stereocenters. The molecule has 0 aliphatic heterocycles. The summed E-state index contributed by atoms with van der Waals surface area (Å²) in [6, 6.07) is -0.173. The van der Waals surface area contributed by atoms with Crippen LogP contribution in [0.25, 0.3) is 0 Å². The molecule has 1 aliphatic rings. The predicted molar refractivity (Wildman–Crippen MR) is 90.7 cm³/mol. The second-order valence-corrected chi connectivity index (χ2v) is 7.24. The molecule has 5 nitrogen and oxygen atoms in total. The Balaban J connectivity index is 1.65. The number of aromatic nitrogens is 1. The largest absolute Gasteiger partial charge is 0.381 e. The number of hydrogen-bond donors (Lipinski definition) is 2. The highest BCUT2D eigenvalue weighted by Crippen LogP contribution is 2.28. The van der Waals surface area contributed by atoms with Crippen molar-refractivity contribution in [2.45, 2.75) is 52.4 Å². The number of nitrogens with one attached hydrogen (secondary N) is 2. The molecule has 0 saturated heterocycles. The first-order valence-electron chi connectivity index (χ1n) is 8.26. The van der Waals surface area contributed by atoms with Crippen molar-refractivity contribution in [3.05, 3.63) is 10.6 Å². The lowest BCUT2D eigenvalue weighted by atomic mass is 10.2. The van der Waals surface area contributed by atoms with Crippen LogP contribution in [-0.4, -0.2) is 30.8 Å². The van der Waals surface area contributed by atoms with Crippen molar-refractivity contribution in [2.24, 2.45) is 5.92 Å². The monoisotopic (exact) mass is 325 g/mol. The fourth-order valence-corrected chi connectivity index (χ4v) is 3.46. The smallest absolute Gasteiger partial charge is 0.321 e. The van der Waals surface area contributed by atoms with Gasteiger partial charge in [-0.1, -0.05) is 20.3 Å². The fourth-order valence-electron chi connectivity index (χ4n) is 2.42. The van der Waals surface area contributed by atoms with E-state index in [2.05, 4.69) is 29.5 Å². The highest BCUT2D eigenvalue weighted by Gasteiger charge is 2.15. The molecular formula is C16H27N3O2S. The number of hydrogen-bond acceptors (Lipinski definition) is 4. The number of ether oxygens (including phenoxy) is 1. The highest BCUT2D eigenvalue weighted by atomic mass is 32.1. The lowest BCUT2D eigenvalue weighted by Gasteiger charge is -2.07. The minimum absolute atomic E-state index is 0.173.